The van der Waals surface area contributed by atoms with Crippen LogP contribution in [0.1, 0.15) is 6.42 Å². The molecular weight excluding hydrogens is 327 g/mol. The number of halogens is 2. The van der Waals surface area contributed by atoms with Gasteiger partial charge in [0.2, 0.25) is 8.11 Å². The molecule has 117 valence electrons. The quantitative estimate of drug-likeness (QED) is 0.276. The summed E-state index contributed by atoms with van der Waals surface area (Å²) in [6.45, 7) is 1.92. The first-order valence-corrected chi connectivity index (χ1v) is 11.3. The van der Waals surface area contributed by atoms with E-state index in [1.807, 2.05) is 6.55 Å². The summed E-state index contributed by atoms with van der Waals surface area (Å²) in [5.41, 5.74) is 0. The van der Waals surface area contributed by atoms with E-state index in [0.717, 1.165) is 12.5 Å². The second-order valence-corrected chi connectivity index (χ2v) is 10.4. The van der Waals surface area contributed by atoms with Crippen LogP contribution in [0, 0.1) is 0 Å². The Labute approximate surface area is 129 Å². The third kappa shape index (κ3) is 10.2. The van der Waals surface area contributed by atoms with Gasteiger partial charge >= 0.3 is 8.80 Å². The first-order chi connectivity index (χ1) is 8.96. The number of methoxy groups -OCH3 is 2. The Morgan fingerprint density at radius 2 is 1.42 bits per heavy atom. The van der Waals surface area contributed by atoms with E-state index in [1.54, 1.807) is 35.5 Å². The van der Waals surface area contributed by atoms with E-state index in [0.29, 0.717) is 5.88 Å². The van der Waals surface area contributed by atoms with Crippen molar-refractivity contribution in [3.8, 4) is 0 Å². The fourth-order valence-electron chi connectivity index (χ4n) is 1.26. The van der Waals surface area contributed by atoms with Crippen molar-refractivity contribution in [1.82, 2.24) is 0 Å². The maximum Gasteiger partial charge on any atom is 0.500 e. The van der Waals surface area contributed by atoms with E-state index in [4.69, 9.17) is 45.4 Å². The summed E-state index contributed by atoms with van der Waals surface area (Å²) in [7, 11) is 4.72. The van der Waals surface area contributed by atoms with Gasteiger partial charge in [-0.15, -0.1) is 11.6 Å². The van der Waals surface area contributed by atoms with Crippen molar-refractivity contribution in [2.75, 3.05) is 41.4 Å². The highest BCUT2D eigenvalue weighted by molar-refractivity contribution is 7.06. The Kier molecular flexibility index (Phi) is 16.0. The van der Waals surface area contributed by atoms with Crippen LogP contribution in [0.5, 0.6) is 0 Å². The second kappa shape index (κ2) is 13.8. The maximum atomic E-state index is 5.70. The van der Waals surface area contributed by atoms with Gasteiger partial charge in [0.1, 0.15) is 0 Å². The van der Waals surface area contributed by atoms with Crippen molar-refractivity contribution >= 4 is 39.6 Å². The molecule has 0 aliphatic rings. The van der Waals surface area contributed by atoms with Crippen LogP contribution in [0.4, 0.5) is 0 Å². The van der Waals surface area contributed by atoms with Crippen molar-refractivity contribution in [3.05, 3.63) is 0 Å². The van der Waals surface area contributed by atoms with Gasteiger partial charge in [-0.1, -0.05) is 6.55 Å². The molecule has 0 bridgehead atoms. The Morgan fingerprint density at radius 3 is 1.58 bits per heavy atom. The molecule has 0 rings (SSSR count). The molecule has 0 N–H and O–H groups in total. The summed E-state index contributed by atoms with van der Waals surface area (Å²) in [6, 6.07) is 0.778. The fourth-order valence-corrected chi connectivity index (χ4v) is 4.52. The van der Waals surface area contributed by atoms with Gasteiger partial charge in [0.25, 0.3) is 0 Å². The van der Waals surface area contributed by atoms with E-state index in [1.165, 1.54) is 0 Å². The van der Waals surface area contributed by atoms with Gasteiger partial charge < -0.3 is 22.8 Å². The van der Waals surface area contributed by atoms with Gasteiger partial charge in [0, 0.05) is 47.5 Å². The molecule has 0 aliphatic carbocycles. The molecular formula is C10H25Cl2O5Si2. The zero-order valence-electron chi connectivity index (χ0n) is 12.5. The minimum Gasteiger partial charge on any atom is -0.377 e. The molecule has 0 aliphatic heterocycles. The number of ether oxygens (including phenoxy) is 2. The largest absolute Gasteiger partial charge is 0.500 e. The van der Waals surface area contributed by atoms with Gasteiger partial charge in [-0.3, -0.25) is 0 Å². The average Bonchev–Trinajstić information content (AvgIpc) is 2.43. The van der Waals surface area contributed by atoms with Crippen molar-refractivity contribution in [1.29, 1.82) is 0 Å². The van der Waals surface area contributed by atoms with Gasteiger partial charge in [-0.25, -0.2) is 0 Å². The zero-order chi connectivity index (χ0) is 15.3. The summed E-state index contributed by atoms with van der Waals surface area (Å²) in [6.07, 6.45) is 0.864. The minimum atomic E-state index is -2.32. The van der Waals surface area contributed by atoms with E-state index in [9.17, 15) is 0 Å². The number of hydrogen-bond donors (Lipinski definition) is 0. The van der Waals surface area contributed by atoms with Crippen LogP contribution in [-0.4, -0.2) is 64.3 Å². The lowest BCUT2D eigenvalue weighted by Crippen LogP contribution is -2.42. The predicted molar refractivity (Wildman–Crippen MR) is 82.2 cm³/mol. The summed E-state index contributed by atoms with van der Waals surface area (Å²) >= 11 is 11.2. The van der Waals surface area contributed by atoms with Crippen LogP contribution < -0.4 is 0 Å². The molecule has 0 spiro atoms. The smallest absolute Gasteiger partial charge is 0.377 e. The Morgan fingerprint density at radius 1 is 1.00 bits per heavy atom. The lowest BCUT2D eigenvalue weighted by Gasteiger charge is -2.23. The molecule has 19 heavy (non-hydrogen) atoms. The summed E-state index contributed by atoms with van der Waals surface area (Å²) in [5, 5.41) is 0. The third-order valence-corrected chi connectivity index (χ3v) is 7.06. The monoisotopic (exact) mass is 351 g/mol. The third-order valence-electron chi connectivity index (χ3n) is 2.30. The van der Waals surface area contributed by atoms with Crippen molar-refractivity contribution in [2.45, 2.75) is 24.9 Å². The van der Waals surface area contributed by atoms with Crippen LogP contribution >= 0.6 is 22.7 Å². The topological polar surface area (TPSA) is 46.2 Å². The minimum absolute atomic E-state index is 0.179. The van der Waals surface area contributed by atoms with Gasteiger partial charge in [0.15, 0.2) is 5.91 Å². The molecule has 0 saturated heterocycles. The van der Waals surface area contributed by atoms with E-state index in [-0.39, 0.29) is 5.91 Å². The van der Waals surface area contributed by atoms with Gasteiger partial charge in [-0.2, -0.15) is 11.1 Å². The molecule has 0 aromatic rings. The fraction of sp³-hybridized carbons (Fsp3) is 1.00. The number of rotatable bonds is 9. The zero-order valence-corrected chi connectivity index (χ0v) is 16.0. The molecule has 5 nitrogen and oxygen atoms in total. The Balaban J connectivity index is 0. The molecule has 0 aromatic heterocycles. The molecule has 1 radical (unpaired) electrons. The van der Waals surface area contributed by atoms with Crippen LogP contribution in [0.15, 0.2) is 0 Å². The number of hydrogen-bond acceptors (Lipinski definition) is 5. The van der Waals surface area contributed by atoms with E-state index in [2.05, 4.69) is 0 Å². The van der Waals surface area contributed by atoms with Gasteiger partial charge in [-0.05, 0) is 6.42 Å². The first kappa shape index (κ1) is 22.1. The lowest BCUT2D eigenvalue weighted by molar-refractivity contribution is -0.0448. The Bertz CT molecular complexity index is 184. The van der Waals surface area contributed by atoms with Crippen LogP contribution in [0.3, 0.4) is 0 Å². The van der Waals surface area contributed by atoms with Crippen molar-refractivity contribution in [2.24, 2.45) is 0 Å². The highest BCUT2D eigenvalue weighted by Gasteiger charge is 2.36. The van der Waals surface area contributed by atoms with Crippen LogP contribution in [0.25, 0.3) is 0 Å². The van der Waals surface area contributed by atoms with Crippen LogP contribution in [-0.2, 0) is 22.8 Å². The number of alkyl halides is 1. The summed E-state index contributed by atoms with van der Waals surface area (Å²) in [5.74, 6) is 0.437. The maximum absolute atomic E-state index is 5.70. The molecule has 0 amide bonds. The van der Waals surface area contributed by atoms with Gasteiger partial charge in [0.05, 0.1) is 0 Å². The molecule has 0 atom stereocenters. The molecule has 0 heterocycles. The van der Waals surface area contributed by atoms with E-state index >= 15 is 0 Å². The second-order valence-electron chi connectivity index (χ2n) is 3.48. The Hall–Kier alpha value is 0.814. The highest BCUT2D eigenvalue weighted by atomic mass is 35.6. The van der Waals surface area contributed by atoms with E-state index < -0.39 is 16.9 Å². The lowest BCUT2D eigenvalue weighted by atomic mass is 10.6. The normalized spacial score (nSPS) is 11.7. The predicted octanol–water partition coefficient (Wildman–Crippen LogP) is 2.50. The van der Waals surface area contributed by atoms with Crippen molar-refractivity contribution in [3.63, 3.8) is 0 Å². The molecule has 0 unspecified atom stereocenters. The standard InChI is InChI=1S/C6H15ClO3Si.C4H10ClO2Si/c1-8-11(9-2,10-3)6-4-5-7;1-6-4(7-2)8(3)5/h4-6H2,1-3H3;4H,1-3H3. The van der Waals surface area contributed by atoms with Crippen LogP contribution in [0.2, 0.25) is 12.6 Å². The first-order valence-electron chi connectivity index (χ1n) is 5.72. The molecule has 0 aromatic carbocycles. The average molecular weight is 352 g/mol. The highest BCUT2D eigenvalue weighted by Crippen LogP contribution is 2.14. The molecule has 0 fully saturated rings. The SMILES string of the molecule is COC(OC)[Si](C)Cl.CO[Si](CCCCl)(OC)OC. The molecule has 0 saturated carbocycles. The molecule has 9 heteroatoms. The summed E-state index contributed by atoms with van der Waals surface area (Å²) < 4.78 is 25.2. The van der Waals surface area contributed by atoms with Crippen molar-refractivity contribution < 1.29 is 22.8 Å². The summed E-state index contributed by atoms with van der Waals surface area (Å²) in [4.78, 5) is 0.